The van der Waals surface area contributed by atoms with Gasteiger partial charge in [0, 0.05) is 12.7 Å². The topological polar surface area (TPSA) is 66.5 Å². The van der Waals surface area contributed by atoms with Crippen LogP contribution in [0.5, 0.6) is 0 Å². The van der Waals surface area contributed by atoms with Crippen molar-refractivity contribution < 1.29 is 14.4 Å². The highest BCUT2D eigenvalue weighted by molar-refractivity contribution is 6.21. The minimum absolute atomic E-state index is 0.164. The summed E-state index contributed by atoms with van der Waals surface area (Å²) in [4.78, 5) is 37.2. The Hall–Kier alpha value is -2.95. The van der Waals surface area contributed by atoms with Crippen molar-refractivity contribution in [3.8, 4) is 0 Å². The van der Waals surface area contributed by atoms with E-state index in [0.29, 0.717) is 22.7 Å². The third-order valence-electron chi connectivity index (χ3n) is 4.38. The molecule has 2 aromatic carbocycles. The number of amides is 3. The van der Waals surface area contributed by atoms with Crippen LogP contribution in [0, 0.1) is 0 Å². The Balaban J connectivity index is 1.70. The quantitative estimate of drug-likeness (QED) is 0.872. The Morgan fingerprint density at radius 1 is 1.00 bits per heavy atom. The summed E-state index contributed by atoms with van der Waals surface area (Å²) in [6, 6.07) is 12.7. The molecule has 1 heterocycles. The first-order valence-corrected chi connectivity index (χ1v) is 8.22. The van der Waals surface area contributed by atoms with Gasteiger partial charge in [0.1, 0.15) is 0 Å². The molecule has 0 saturated heterocycles. The summed E-state index contributed by atoms with van der Waals surface area (Å²) in [6.45, 7) is 4.25. The van der Waals surface area contributed by atoms with Crippen molar-refractivity contribution in [1.82, 2.24) is 4.90 Å². The lowest BCUT2D eigenvalue weighted by Gasteiger charge is -2.08. The van der Waals surface area contributed by atoms with E-state index in [1.165, 1.54) is 12.6 Å². The number of carbonyl (C=O) groups excluding carboxylic acids is 3. The highest BCUT2D eigenvalue weighted by atomic mass is 16.2. The minimum Gasteiger partial charge on any atom is -0.326 e. The highest BCUT2D eigenvalue weighted by Gasteiger charge is 2.32. The molecule has 0 aliphatic carbocycles. The molecule has 2 aromatic rings. The van der Waals surface area contributed by atoms with E-state index in [9.17, 15) is 14.4 Å². The van der Waals surface area contributed by atoms with Crippen LogP contribution in [-0.2, 0) is 11.2 Å². The van der Waals surface area contributed by atoms with Crippen LogP contribution in [0.25, 0.3) is 0 Å². The SMILES string of the molecule is CC(C)c1ccc(CC(=O)Nc2ccc3c(c2)C(=O)N(C)C3=O)cc1. The lowest BCUT2D eigenvalue weighted by atomic mass is 10.0. The first kappa shape index (κ1) is 16.9. The average Bonchev–Trinajstić information content (AvgIpc) is 2.79. The fraction of sp³-hybridized carbons (Fsp3) is 0.250. The maximum atomic E-state index is 12.2. The van der Waals surface area contributed by atoms with Crippen LogP contribution in [0.1, 0.15) is 51.6 Å². The number of carbonyl (C=O) groups is 3. The summed E-state index contributed by atoms with van der Waals surface area (Å²) >= 11 is 0. The van der Waals surface area contributed by atoms with Gasteiger partial charge in [-0.2, -0.15) is 0 Å². The first-order chi connectivity index (χ1) is 11.9. The number of benzene rings is 2. The molecule has 0 aromatic heterocycles. The van der Waals surface area contributed by atoms with Gasteiger partial charge in [-0.15, -0.1) is 0 Å². The van der Waals surface area contributed by atoms with Gasteiger partial charge in [-0.05, 0) is 35.2 Å². The third-order valence-corrected chi connectivity index (χ3v) is 4.38. The second-order valence-electron chi connectivity index (χ2n) is 6.55. The second-order valence-corrected chi connectivity index (χ2v) is 6.55. The molecular formula is C20H20N2O3. The molecule has 5 nitrogen and oxygen atoms in total. The van der Waals surface area contributed by atoms with Crippen molar-refractivity contribution >= 4 is 23.4 Å². The zero-order valence-corrected chi connectivity index (χ0v) is 14.5. The molecule has 0 bridgehead atoms. The minimum atomic E-state index is -0.347. The van der Waals surface area contributed by atoms with Gasteiger partial charge in [0.05, 0.1) is 17.5 Å². The summed E-state index contributed by atoms with van der Waals surface area (Å²) in [6.07, 6.45) is 0.252. The van der Waals surface area contributed by atoms with E-state index in [-0.39, 0.29) is 24.1 Å². The van der Waals surface area contributed by atoms with Crippen LogP contribution in [0.15, 0.2) is 42.5 Å². The number of nitrogens with zero attached hydrogens (tertiary/aromatic N) is 1. The van der Waals surface area contributed by atoms with Crippen LogP contribution in [0.3, 0.4) is 0 Å². The molecule has 0 atom stereocenters. The predicted octanol–water partition coefficient (Wildman–Crippen LogP) is 3.22. The number of hydrogen-bond donors (Lipinski definition) is 1. The first-order valence-electron chi connectivity index (χ1n) is 8.22. The van der Waals surface area contributed by atoms with Crippen LogP contribution < -0.4 is 5.32 Å². The molecule has 0 saturated carbocycles. The van der Waals surface area contributed by atoms with Crippen molar-refractivity contribution in [2.45, 2.75) is 26.2 Å². The Kier molecular flexibility index (Phi) is 4.40. The van der Waals surface area contributed by atoms with Crippen LogP contribution in [-0.4, -0.2) is 29.7 Å². The average molecular weight is 336 g/mol. The molecule has 3 amide bonds. The zero-order valence-electron chi connectivity index (χ0n) is 14.5. The molecule has 3 rings (SSSR count). The number of imide groups is 1. The van der Waals surface area contributed by atoms with E-state index >= 15 is 0 Å². The summed E-state index contributed by atoms with van der Waals surface area (Å²) < 4.78 is 0. The molecule has 1 N–H and O–H groups in total. The number of fused-ring (bicyclic) bond motifs is 1. The van der Waals surface area contributed by atoms with Gasteiger partial charge in [-0.3, -0.25) is 19.3 Å². The Labute approximate surface area is 146 Å². The normalized spacial score (nSPS) is 13.4. The molecule has 0 spiro atoms. The number of hydrogen-bond acceptors (Lipinski definition) is 3. The second kappa shape index (κ2) is 6.51. The Morgan fingerprint density at radius 3 is 2.28 bits per heavy atom. The molecule has 5 heteroatoms. The van der Waals surface area contributed by atoms with Gasteiger partial charge < -0.3 is 5.32 Å². The third kappa shape index (κ3) is 3.31. The van der Waals surface area contributed by atoms with E-state index in [2.05, 4.69) is 19.2 Å². The van der Waals surface area contributed by atoms with Crippen molar-refractivity contribution in [2.75, 3.05) is 12.4 Å². The zero-order chi connectivity index (χ0) is 18.1. The Bertz CT molecular complexity index is 854. The summed E-state index contributed by atoms with van der Waals surface area (Å²) in [5.41, 5.74) is 3.37. The Morgan fingerprint density at radius 2 is 1.64 bits per heavy atom. The molecule has 25 heavy (non-hydrogen) atoms. The van der Waals surface area contributed by atoms with Gasteiger partial charge in [0.15, 0.2) is 0 Å². The molecule has 1 aliphatic rings. The van der Waals surface area contributed by atoms with Crippen LogP contribution >= 0.6 is 0 Å². The predicted molar refractivity (Wildman–Crippen MR) is 95.7 cm³/mol. The smallest absolute Gasteiger partial charge is 0.261 e. The summed E-state index contributed by atoms with van der Waals surface area (Å²) in [7, 11) is 1.45. The molecule has 128 valence electrons. The van der Waals surface area contributed by atoms with E-state index < -0.39 is 0 Å². The number of nitrogens with one attached hydrogen (secondary N) is 1. The molecule has 0 fully saturated rings. The van der Waals surface area contributed by atoms with Crippen LogP contribution in [0.2, 0.25) is 0 Å². The highest BCUT2D eigenvalue weighted by Crippen LogP contribution is 2.25. The summed E-state index contributed by atoms with van der Waals surface area (Å²) in [5, 5.41) is 2.79. The fourth-order valence-electron chi connectivity index (χ4n) is 2.85. The largest absolute Gasteiger partial charge is 0.326 e. The van der Waals surface area contributed by atoms with Crippen molar-refractivity contribution in [1.29, 1.82) is 0 Å². The molecule has 0 radical (unpaired) electrons. The van der Waals surface area contributed by atoms with E-state index in [1.54, 1.807) is 18.2 Å². The van der Waals surface area contributed by atoms with Gasteiger partial charge in [0.2, 0.25) is 5.91 Å². The van der Waals surface area contributed by atoms with E-state index in [0.717, 1.165) is 10.5 Å². The van der Waals surface area contributed by atoms with E-state index in [4.69, 9.17) is 0 Å². The van der Waals surface area contributed by atoms with Crippen molar-refractivity contribution in [3.63, 3.8) is 0 Å². The summed E-state index contributed by atoms with van der Waals surface area (Å²) in [5.74, 6) is -0.376. The number of anilines is 1. The fourth-order valence-corrected chi connectivity index (χ4v) is 2.85. The number of rotatable bonds is 4. The van der Waals surface area contributed by atoms with E-state index in [1.807, 2.05) is 24.3 Å². The van der Waals surface area contributed by atoms with Crippen molar-refractivity contribution in [2.24, 2.45) is 0 Å². The standard InChI is InChI=1S/C20H20N2O3/c1-12(2)14-6-4-13(5-7-14)10-18(23)21-15-8-9-16-17(11-15)20(25)22(3)19(16)24/h4-9,11-12H,10H2,1-3H3,(H,21,23). The molecular weight excluding hydrogens is 316 g/mol. The molecule has 1 aliphatic heterocycles. The lowest BCUT2D eigenvalue weighted by Crippen LogP contribution is -2.24. The van der Waals surface area contributed by atoms with Gasteiger partial charge in [-0.25, -0.2) is 0 Å². The lowest BCUT2D eigenvalue weighted by molar-refractivity contribution is -0.115. The maximum absolute atomic E-state index is 12.2. The van der Waals surface area contributed by atoms with Gasteiger partial charge in [0.25, 0.3) is 11.8 Å². The van der Waals surface area contributed by atoms with Crippen LogP contribution in [0.4, 0.5) is 5.69 Å². The maximum Gasteiger partial charge on any atom is 0.261 e. The van der Waals surface area contributed by atoms with Gasteiger partial charge in [-0.1, -0.05) is 38.1 Å². The molecule has 0 unspecified atom stereocenters. The van der Waals surface area contributed by atoms with Crippen molar-refractivity contribution in [3.05, 3.63) is 64.7 Å². The monoisotopic (exact) mass is 336 g/mol. The van der Waals surface area contributed by atoms with Gasteiger partial charge >= 0.3 is 0 Å².